The van der Waals surface area contributed by atoms with Crippen molar-refractivity contribution in [3.8, 4) is 0 Å². The molecule has 0 bridgehead atoms. The number of rotatable bonds is 5. The molecule has 1 aromatic heterocycles. The molecule has 0 aliphatic carbocycles. The van der Waals surface area contributed by atoms with Crippen LogP contribution in [-0.4, -0.2) is 30.0 Å². The molecule has 0 spiro atoms. The number of thiazole rings is 1. The molecule has 2 unspecified atom stereocenters. The summed E-state index contributed by atoms with van der Waals surface area (Å²) in [4.78, 5) is 16.7. The second-order valence-corrected chi connectivity index (χ2v) is 7.30. The first kappa shape index (κ1) is 22.8. The normalized spacial score (nSPS) is 19.2. The fourth-order valence-corrected chi connectivity index (χ4v) is 3.72. The first-order valence-corrected chi connectivity index (χ1v) is 9.16. The van der Waals surface area contributed by atoms with Crippen LogP contribution in [0.5, 0.6) is 0 Å². The summed E-state index contributed by atoms with van der Waals surface area (Å²) in [6.45, 7) is 4.03. The lowest BCUT2D eigenvalue weighted by Crippen LogP contribution is -2.50. The molecular weight excluding hydrogens is 396 g/mol. The first-order valence-electron chi connectivity index (χ1n) is 8.28. The third-order valence-corrected chi connectivity index (χ3v) is 5.28. The molecule has 2 atom stereocenters. The summed E-state index contributed by atoms with van der Waals surface area (Å²) in [5.41, 5.74) is 1.81. The predicted molar refractivity (Wildman–Crippen MR) is 108 cm³/mol. The van der Waals surface area contributed by atoms with Gasteiger partial charge in [-0.05, 0) is 36.6 Å². The maximum atomic E-state index is 12.9. The smallest absolute Gasteiger partial charge is 0.226 e. The maximum Gasteiger partial charge on any atom is 0.226 e. The Kier molecular flexibility index (Phi) is 9.50. The van der Waals surface area contributed by atoms with Crippen LogP contribution in [0.2, 0.25) is 0 Å². The van der Waals surface area contributed by atoms with Crippen LogP contribution >= 0.6 is 36.2 Å². The summed E-state index contributed by atoms with van der Waals surface area (Å²) < 4.78 is 12.9. The average Bonchev–Trinajstić information content (AvgIpc) is 2.99. The van der Waals surface area contributed by atoms with Crippen LogP contribution in [0.1, 0.15) is 29.6 Å². The van der Waals surface area contributed by atoms with Gasteiger partial charge in [0.05, 0.1) is 17.1 Å². The molecule has 2 N–H and O–H groups in total. The van der Waals surface area contributed by atoms with E-state index in [0.717, 1.165) is 35.8 Å². The second kappa shape index (κ2) is 10.8. The van der Waals surface area contributed by atoms with E-state index < -0.39 is 0 Å². The van der Waals surface area contributed by atoms with Crippen LogP contribution in [0.25, 0.3) is 0 Å². The zero-order chi connectivity index (χ0) is 16.9. The number of carbonyl (C=O) groups is 1. The van der Waals surface area contributed by atoms with E-state index in [4.69, 9.17) is 0 Å². The van der Waals surface area contributed by atoms with Gasteiger partial charge in [0, 0.05) is 24.4 Å². The molecule has 2 heterocycles. The standard InChI is InChI=1S/C18H22FN3OS.2ClH/c1-12-6-7-20-10-16(12)22-17(23)9-15-11-24-18(21-15)8-13-2-4-14(19)5-3-13;;/h2-5,11-12,16,20H,6-10H2,1H3,(H,22,23);2*1H. The average molecular weight is 420 g/mol. The molecule has 1 fully saturated rings. The second-order valence-electron chi connectivity index (χ2n) is 6.36. The minimum Gasteiger partial charge on any atom is -0.351 e. The van der Waals surface area contributed by atoms with Crippen molar-refractivity contribution in [2.75, 3.05) is 13.1 Å². The lowest BCUT2D eigenvalue weighted by Gasteiger charge is -2.30. The minimum atomic E-state index is -0.235. The fraction of sp³-hybridized carbons (Fsp3) is 0.444. The fourth-order valence-electron chi connectivity index (χ4n) is 2.89. The number of amides is 1. The number of carbonyl (C=O) groups excluding carboxylic acids is 1. The molecular formula is C18H24Cl2FN3OS. The van der Waals surface area contributed by atoms with Crippen molar-refractivity contribution < 1.29 is 9.18 Å². The largest absolute Gasteiger partial charge is 0.351 e. The van der Waals surface area contributed by atoms with Gasteiger partial charge in [-0.1, -0.05) is 19.1 Å². The number of benzene rings is 1. The summed E-state index contributed by atoms with van der Waals surface area (Å²) in [5.74, 6) is 0.288. The summed E-state index contributed by atoms with van der Waals surface area (Å²) in [7, 11) is 0. The van der Waals surface area contributed by atoms with Gasteiger partial charge in [-0.15, -0.1) is 36.2 Å². The Bertz CT molecular complexity index is 696. The number of nitrogens with zero attached hydrogens (tertiary/aromatic N) is 1. The predicted octanol–water partition coefficient (Wildman–Crippen LogP) is 3.37. The Morgan fingerprint density at radius 3 is 2.77 bits per heavy atom. The van der Waals surface area contributed by atoms with Crippen molar-refractivity contribution in [1.29, 1.82) is 0 Å². The van der Waals surface area contributed by atoms with Crippen molar-refractivity contribution in [2.24, 2.45) is 5.92 Å². The van der Waals surface area contributed by atoms with E-state index in [-0.39, 0.29) is 42.6 Å². The van der Waals surface area contributed by atoms with Gasteiger partial charge in [0.25, 0.3) is 0 Å². The lowest BCUT2D eigenvalue weighted by molar-refractivity contribution is -0.121. The van der Waals surface area contributed by atoms with Gasteiger partial charge in [-0.25, -0.2) is 9.37 Å². The van der Waals surface area contributed by atoms with E-state index in [2.05, 4.69) is 22.5 Å². The van der Waals surface area contributed by atoms with Gasteiger partial charge in [-0.3, -0.25) is 4.79 Å². The maximum absolute atomic E-state index is 12.9. The molecule has 26 heavy (non-hydrogen) atoms. The highest BCUT2D eigenvalue weighted by Crippen LogP contribution is 2.16. The van der Waals surface area contributed by atoms with Gasteiger partial charge in [0.1, 0.15) is 5.82 Å². The van der Waals surface area contributed by atoms with Crippen LogP contribution < -0.4 is 10.6 Å². The molecule has 1 aliphatic heterocycles. The number of nitrogens with one attached hydrogen (secondary N) is 2. The van der Waals surface area contributed by atoms with Crippen LogP contribution in [0.15, 0.2) is 29.6 Å². The topological polar surface area (TPSA) is 54.0 Å². The summed E-state index contributed by atoms with van der Waals surface area (Å²) in [5, 5.41) is 9.29. The van der Waals surface area contributed by atoms with Gasteiger partial charge < -0.3 is 10.6 Å². The highest BCUT2D eigenvalue weighted by molar-refractivity contribution is 7.09. The highest BCUT2D eigenvalue weighted by Gasteiger charge is 2.22. The van der Waals surface area contributed by atoms with Crippen LogP contribution in [0.3, 0.4) is 0 Å². The van der Waals surface area contributed by atoms with Crippen LogP contribution in [0, 0.1) is 11.7 Å². The zero-order valence-corrected chi connectivity index (χ0v) is 17.0. The SMILES string of the molecule is CC1CCNCC1NC(=O)Cc1csc(Cc2ccc(F)cc2)n1.Cl.Cl. The molecule has 8 heteroatoms. The molecule has 4 nitrogen and oxygen atoms in total. The number of hydrogen-bond donors (Lipinski definition) is 2. The quantitative estimate of drug-likeness (QED) is 0.780. The van der Waals surface area contributed by atoms with Gasteiger partial charge >= 0.3 is 0 Å². The van der Waals surface area contributed by atoms with Crippen LogP contribution in [-0.2, 0) is 17.6 Å². The Morgan fingerprint density at radius 2 is 2.08 bits per heavy atom. The molecule has 0 saturated carbocycles. The molecule has 0 radical (unpaired) electrons. The van der Waals surface area contributed by atoms with Gasteiger partial charge in [0.2, 0.25) is 5.91 Å². The Balaban J connectivity index is 0.00000169. The van der Waals surface area contributed by atoms with Gasteiger partial charge in [0.15, 0.2) is 0 Å². The number of aromatic nitrogens is 1. The van der Waals surface area contributed by atoms with Crippen molar-refractivity contribution in [1.82, 2.24) is 15.6 Å². The molecule has 1 saturated heterocycles. The van der Waals surface area contributed by atoms with Crippen molar-refractivity contribution in [2.45, 2.75) is 32.2 Å². The summed E-state index contributed by atoms with van der Waals surface area (Å²) >= 11 is 1.54. The summed E-state index contributed by atoms with van der Waals surface area (Å²) in [6.07, 6.45) is 2.06. The van der Waals surface area contributed by atoms with Crippen molar-refractivity contribution >= 4 is 42.1 Å². The molecule has 3 rings (SSSR count). The van der Waals surface area contributed by atoms with Gasteiger partial charge in [-0.2, -0.15) is 0 Å². The van der Waals surface area contributed by atoms with E-state index in [1.54, 1.807) is 12.1 Å². The van der Waals surface area contributed by atoms with Crippen molar-refractivity contribution in [3.63, 3.8) is 0 Å². The summed E-state index contributed by atoms with van der Waals surface area (Å²) in [6, 6.07) is 6.64. The van der Waals surface area contributed by atoms with E-state index in [1.165, 1.54) is 23.5 Å². The Morgan fingerprint density at radius 1 is 1.35 bits per heavy atom. The molecule has 2 aromatic rings. The number of hydrogen-bond acceptors (Lipinski definition) is 4. The minimum absolute atomic E-state index is 0. The first-order chi connectivity index (χ1) is 11.6. The third-order valence-electron chi connectivity index (χ3n) is 4.38. The molecule has 1 aromatic carbocycles. The highest BCUT2D eigenvalue weighted by atomic mass is 35.5. The van der Waals surface area contributed by atoms with E-state index in [0.29, 0.717) is 18.8 Å². The lowest BCUT2D eigenvalue weighted by atomic mass is 9.95. The van der Waals surface area contributed by atoms with Crippen molar-refractivity contribution in [3.05, 3.63) is 51.7 Å². The van der Waals surface area contributed by atoms with E-state index in [1.807, 2.05) is 5.38 Å². The monoisotopic (exact) mass is 419 g/mol. The van der Waals surface area contributed by atoms with E-state index >= 15 is 0 Å². The Hall–Kier alpha value is -1.21. The molecule has 1 aliphatic rings. The van der Waals surface area contributed by atoms with E-state index in [9.17, 15) is 9.18 Å². The molecule has 144 valence electrons. The third kappa shape index (κ3) is 6.50. The Labute approximate surface area is 169 Å². The van der Waals surface area contributed by atoms with Crippen LogP contribution in [0.4, 0.5) is 4.39 Å². The molecule has 1 amide bonds. The number of piperidine rings is 1. The number of halogens is 3. The zero-order valence-electron chi connectivity index (χ0n) is 14.5.